The quantitative estimate of drug-likeness (QED) is 0.399. The van der Waals surface area contributed by atoms with Crippen LogP contribution in [0.25, 0.3) is 0 Å². The number of nitrogens with one attached hydrogen (secondary N) is 3. The van der Waals surface area contributed by atoms with Crippen LogP contribution in [-0.4, -0.2) is 71.6 Å². The second-order valence-corrected chi connectivity index (χ2v) is 11.5. The number of nitrogens with zero attached hydrogens (tertiary/aromatic N) is 3. The molecule has 3 fully saturated rings. The lowest BCUT2D eigenvalue weighted by Gasteiger charge is -2.42. The lowest BCUT2D eigenvalue weighted by molar-refractivity contribution is -0.137. The Labute approximate surface area is 237 Å². The Morgan fingerprint density at radius 3 is 2.39 bits per heavy atom. The Hall–Kier alpha value is -3.09. The number of Topliss-reactive ketones (excluding diaryl/α,β-unsaturated/α-hetero) is 1. The number of pyridine rings is 2. The number of hydrogen-bond acceptors (Lipinski definition) is 8. The van der Waals surface area contributed by atoms with Gasteiger partial charge in [0.25, 0.3) is 5.91 Å². The van der Waals surface area contributed by atoms with Gasteiger partial charge in [-0.25, -0.2) is 4.98 Å². The number of piperidine rings is 1. The monoisotopic (exact) mass is 574 g/mol. The first-order valence-corrected chi connectivity index (χ1v) is 14.2. The molecule has 9 nitrogen and oxygen atoms in total. The van der Waals surface area contributed by atoms with E-state index in [1.54, 1.807) is 19.2 Å². The highest BCUT2D eigenvalue weighted by atomic mass is 19.4. The summed E-state index contributed by atoms with van der Waals surface area (Å²) in [5.41, 5.74) is -1.54. The number of carbonyl (C=O) groups excluding carboxylic acids is 2. The Morgan fingerprint density at radius 1 is 1.07 bits per heavy atom. The van der Waals surface area contributed by atoms with Gasteiger partial charge in [-0.2, -0.15) is 13.2 Å². The lowest BCUT2D eigenvalue weighted by Crippen LogP contribution is -2.61. The fourth-order valence-corrected chi connectivity index (χ4v) is 6.46. The molecule has 0 spiro atoms. The summed E-state index contributed by atoms with van der Waals surface area (Å²) in [5.74, 6) is 0.0232. The van der Waals surface area contributed by atoms with Crippen LogP contribution in [0.2, 0.25) is 0 Å². The van der Waals surface area contributed by atoms with Crippen LogP contribution in [0.15, 0.2) is 36.7 Å². The highest BCUT2D eigenvalue weighted by Gasteiger charge is 2.47. The largest absolute Gasteiger partial charge is 0.416 e. The van der Waals surface area contributed by atoms with Crippen molar-refractivity contribution in [2.24, 2.45) is 5.92 Å². The van der Waals surface area contributed by atoms with Gasteiger partial charge in [-0.15, -0.1) is 0 Å². The molecule has 0 bridgehead atoms. The summed E-state index contributed by atoms with van der Waals surface area (Å²) in [7, 11) is 1.55. The second-order valence-electron chi connectivity index (χ2n) is 11.5. The predicted molar refractivity (Wildman–Crippen MR) is 146 cm³/mol. The maximum atomic E-state index is 13.9. The predicted octanol–water partition coefficient (Wildman–Crippen LogP) is 2.79. The normalized spacial score (nSPS) is 27.5. The first-order valence-electron chi connectivity index (χ1n) is 14.2. The van der Waals surface area contributed by atoms with E-state index in [2.05, 4.69) is 25.9 Å². The van der Waals surface area contributed by atoms with Gasteiger partial charge in [-0.3, -0.25) is 14.6 Å². The Kier molecular flexibility index (Phi) is 8.36. The zero-order valence-electron chi connectivity index (χ0n) is 23.1. The van der Waals surface area contributed by atoms with Gasteiger partial charge in [0.05, 0.1) is 22.4 Å². The fourth-order valence-electron chi connectivity index (χ4n) is 6.46. The van der Waals surface area contributed by atoms with Crippen LogP contribution in [0.4, 0.5) is 19.0 Å². The smallest absolute Gasteiger partial charge is 0.384 e. The number of amides is 1. The van der Waals surface area contributed by atoms with E-state index < -0.39 is 22.9 Å². The molecule has 1 atom stereocenters. The van der Waals surface area contributed by atoms with Gasteiger partial charge in [0.2, 0.25) is 0 Å². The number of aromatic nitrogens is 2. The van der Waals surface area contributed by atoms with Crippen molar-refractivity contribution in [3.05, 3.63) is 53.5 Å². The van der Waals surface area contributed by atoms with Crippen LogP contribution in [0.1, 0.15) is 66.6 Å². The number of rotatable bonds is 7. The topological polar surface area (TPSA) is 119 Å². The number of carbonyl (C=O) groups is 2. The minimum atomic E-state index is -4.43. The van der Waals surface area contributed by atoms with Gasteiger partial charge in [0.15, 0.2) is 5.78 Å². The van der Waals surface area contributed by atoms with Crippen LogP contribution in [0.3, 0.4) is 0 Å². The summed E-state index contributed by atoms with van der Waals surface area (Å²) in [5, 5.41) is 20.9. The molecule has 2 aromatic rings. The third-order valence-electron chi connectivity index (χ3n) is 8.91. The van der Waals surface area contributed by atoms with Gasteiger partial charge in [0, 0.05) is 51.0 Å². The molecule has 2 aliphatic heterocycles. The molecule has 4 N–H and O–H groups in total. The number of alkyl halides is 3. The molecule has 0 radical (unpaired) electrons. The van der Waals surface area contributed by atoms with Gasteiger partial charge in [-0.1, -0.05) is 0 Å². The van der Waals surface area contributed by atoms with Gasteiger partial charge >= 0.3 is 6.18 Å². The molecule has 2 aromatic heterocycles. The fraction of sp³-hybridized carbons (Fsp3) is 0.586. The van der Waals surface area contributed by atoms with Crippen LogP contribution in [0.5, 0.6) is 0 Å². The lowest BCUT2D eigenvalue weighted by atomic mass is 9.76. The van der Waals surface area contributed by atoms with Crippen molar-refractivity contribution in [1.29, 1.82) is 0 Å². The van der Waals surface area contributed by atoms with E-state index in [0.29, 0.717) is 75.8 Å². The molecule has 1 amide bonds. The van der Waals surface area contributed by atoms with E-state index in [0.717, 1.165) is 18.7 Å². The molecule has 1 saturated carbocycles. The van der Waals surface area contributed by atoms with Crippen molar-refractivity contribution in [3.8, 4) is 0 Å². The van der Waals surface area contributed by atoms with E-state index in [4.69, 9.17) is 0 Å². The average molecular weight is 575 g/mol. The molecule has 1 aliphatic carbocycles. The van der Waals surface area contributed by atoms with E-state index in [1.165, 1.54) is 12.4 Å². The third-order valence-corrected chi connectivity index (χ3v) is 8.91. The summed E-state index contributed by atoms with van der Waals surface area (Å²) in [6, 6.07) is 5.45. The molecule has 41 heavy (non-hydrogen) atoms. The highest BCUT2D eigenvalue weighted by Crippen LogP contribution is 2.38. The number of ketones is 1. The van der Waals surface area contributed by atoms with E-state index in [9.17, 15) is 27.9 Å². The Morgan fingerprint density at radius 2 is 1.80 bits per heavy atom. The molecule has 3 aliphatic rings. The SMILES string of the molecule is CNC(=O)c1ccc(C2(O)CCC(N[C@@]3(C(=O)C4CCN(c5cc(C(F)(F)F)ccn5)CC4)CCNC3)CC2)nc1. The molecular weight excluding hydrogens is 537 g/mol. The van der Waals surface area contributed by atoms with E-state index in [1.807, 2.05) is 4.90 Å². The van der Waals surface area contributed by atoms with E-state index in [-0.39, 0.29) is 29.5 Å². The van der Waals surface area contributed by atoms with Gasteiger partial charge < -0.3 is 26.0 Å². The molecule has 222 valence electrons. The molecule has 2 saturated heterocycles. The number of hydrogen-bond donors (Lipinski definition) is 4. The zero-order valence-corrected chi connectivity index (χ0v) is 23.1. The maximum absolute atomic E-state index is 13.9. The van der Waals surface area contributed by atoms with Crippen molar-refractivity contribution in [2.75, 3.05) is 38.1 Å². The third kappa shape index (κ3) is 6.24. The van der Waals surface area contributed by atoms with Crippen LogP contribution in [0, 0.1) is 5.92 Å². The second kappa shape index (κ2) is 11.7. The van der Waals surface area contributed by atoms with Crippen molar-refractivity contribution in [1.82, 2.24) is 25.9 Å². The van der Waals surface area contributed by atoms with E-state index >= 15 is 0 Å². The molecule has 0 aromatic carbocycles. The number of aliphatic hydroxyl groups is 1. The Bertz CT molecular complexity index is 1230. The van der Waals surface area contributed by atoms with Gasteiger partial charge in [0.1, 0.15) is 11.4 Å². The first-order chi connectivity index (χ1) is 19.5. The minimum Gasteiger partial charge on any atom is -0.384 e. The van der Waals surface area contributed by atoms with Crippen molar-refractivity contribution in [3.63, 3.8) is 0 Å². The molecular formula is C29H37F3N6O3. The summed E-state index contributed by atoms with van der Waals surface area (Å²) < 4.78 is 39.5. The first kappa shape index (κ1) is 29.4. The number of anilines is 1. The van der Waals surface area contributed by atoms with Crippen LogP contribution >= 0.6 is 0 Å². The minimum absolute atomic E-state index is 0.0543. The number of halogens is 3. The standard InChI is InChI=1S/C29H37F3N6O3/c1-33-26(40)20-2-3-23(36-17-20)28(41)9-4-22(5-10-28)37-27(11-13-34-18-27)25(39)19-7-14-38(15-8-19)24-16-21(6-12-35-24)29(30,31)32/h2-3,6,12,16-17,19,22,34,37,41H,4-5,7-11,13-15,18H2,1H3,(H,33,40)/t22?,27-,28?/m0/s1. The van der Waals surface area contributed by atoms with Crippen LogP contribution < -0.4 is 20.9 Å². The van der Waals surface area contributed by atoms with Crippen molar-refractivity contribution >= 4 is 17.5 Å². The summed E-state index contributed by atoms with van der Waals surface area (Å²) in [4.78, 5) is 36.0. The van der Waals surface area contributed by atoms with Gasteiger partial charge in [-0.05, 0) is 75.8 Å². The summed E-state index contributed by atoms with van der Waals surface area (Å²) >= 11 is 0. The van der Waals surface area contributed by atoms with Crippen molar-refractivity contribution in [2.45, 2.75) is 68.3 Å². The summed E-state index contributed by atoms with van der Waals surface area (Å²) in [6.07, 6.45) is 2.32. The van der Waals surface area contributed by atoms with Crippen LogP contribution in [-0.2, 0) is 16.6 Å². The molecule has 12 heteroatoms. The summed E-state index contributed by atoms with van der Waals surface area (Å²) in [6.45, 7) is 2.20. The molecule has 0 unspecified atom stereocenters. The Balaban J connectivity index is 1.19. The average Bonchev–Trinajstić information content (AvgIpc) is 3.47. The highest BCUT2D eigenvalue weighted by molar-refractivity contribution is 5.93. The maximum Gasteiger partial charge on any atom is 0.416 e. The van der Waals surface area contributed by atoms with Crippen molar-refractivity contribution < 1.29 is 27.9 Å². The molecule has 5 rings (SSSR count). The zero-order chi connectivity index (χ0) is 29.3. The molecule has 4 heterocycles.